The highest BCUT2D eigenvalue weighted by atomic mass is 32.1. The number of hydrogen-bond acceptors (Lipinski definition) is 6. The maximum Gasteiger partial charge on any atom is 0.264 e. The van der Waals surface area contributed by atoms with Crippen molar-refractivity contribution in [2.75, 3.05) is 31.1 Å². The van der Waals surface area contributed by atoms with E-state index in [9.17, 15) is 9.59 Å². The van der Waals surface area contributed by atoms with Crippen LogP contribution in [0.25, 0.3) is 10.2 Å². The normalized spacial score (nSPS) is 14.8. The Kier molecular flexibility index (Phi) is 4.20. The van der Waals surface area contributed by atoms with E-state index in [-0.39, 0.29) is 11.5 Å². The molecule has 0 N–H and O–H groups in total. The molecule has 1 aliphatic heterocycles. The van der Waals surface area contributed by atoms with E-state index in [1.165, 1.54) is 22.2 Å². The van der Waals surface area contributed by atoms with E-state index >= 15 is 0 Å². The summed E-state index contributed by atoms with van der Waals surface area (Å²) in [7, 11) is 1.67. The maximum absolute atomic E-state index is 13.0. The molecule has 1 amide bonds. The molecule has 1 aliphatic rings. The molecule has 134 valence electrons. The van der Waals surface area contributed by atoms with Gasteiger partial charge in [0.2, 0.25) is 0 Å². The highest BCUT2D eigenvalue weighted by Gasteiger charge is 2.26. The molecule has 0 aromatic carbocycles. The van der Waals surface area contributed by atoms with Gasteiger partial charge >= 0.3 is 0 Å². The van der Waals surface area contributed by atoms with E-state index in [2.05, 4.69) is 14.9 Å². The summed E-state index contributed by atoms with van der Waals surface area (Å²) in [5.41, 5.74) is 1.75. The van der Waals surface area contributed by atoms with Crippen molar-refractivity contribution in [2.24, 2.45) is 7.05 Å². The smallest absolute Gasteiger partial charge is 0.264 e. The number of aromatic nitrogens is 3. The lowest BCUT2D eigenvalue weighted by Gasteiger charge is -2.36. The van der Waals surface area contributed by atoms with Crippen LogP contribution in [0.3, 0.4) is 0 Å². The second-order valence-corrected chi connectivity index (χ2v) is 7.38. The summed E-state index contributed by atoms with van der Waals surface area (Å²) in [6.45, 7) is 4.70. The summed E-state index contributed by atoms with van der Waals surface area (Å²) >= 11 is 1.31. The van der Waals surface area contributed by atoms with Crippen LogP contribution >= 0.6 is 11.3 Å². The van der Waals surface area contributed by atoms with Gasteiger partial charge in [-0.05, 0) is 24.6 Å². The van der Waals surface area contributed by atoms with Gasteiger partial charge in [-0.25, -0.2) is 4.98 Å². The second kappa shape index (κ2) is 6.53. The SMILES string of the molecule is Cc1c(C(=O)N2CCN(c3ccncc3)CC2)sc2ncn(C)c(=O)c12. The molecule has 3 aromatic rings. The third-order valence-corrected chi connectivity index (χ3v) is 5.99. The van der Waals surface area contributed by atoms with Crippen LogP contribution in [0, 0.1) is 6.92 Å². The second-order valence-electron chi connectivity index (χ2n) is 6.38. The van der Waals surface area contributed by atoms with Gasteiger partial charge in [0, 0.05) is 51.3 Å². The lowest BCUT2D eigenvalue weighted by molar-refractivity contribution is 0.0751. The zero-order valence-electron chi connectivity index (χ0n) is 14.7. The predicted molar refractivity (Wildman–Crippen MR) is 102 cm³/mol. The van der Waals surface area contributed by atoms with Crippen LogP contribution in [-0.4, -0.2) is 51.5 Å². The summed E-state index contributed by atoms with van der Waals surface area (Å²) in [5, 5.41) is 0.554. The average Bonchev–Trinajstić information content (AvgIpc) is 3.02. The van der Waals surface area contributed by atoms with Gasteiger partial charge in [0.25, 0.3) is 11.5 Å². The fourth-order valence-electron chi connectivity index (χ4n) is 3.28. The number of carbonyl (C=O) groups excluding carboxylic acids is 1. The Bertz CT molecular complexity index is 1020. The molecule has 26 heavy (non-hydrogen) atoms. The lowest BCUT2D eigenvalue weighted by Crippen LogP contribution is -2.48. The number of nitrogens with zero attached hydrogens (tertiary/aromatic N) is 5. The molecule has 0 unspecified atom stereocenters. The highest BCUT2D eigenvalue weighted by molar-refractivity contribution is 7.20. The van der Waals surface area contributed by atoms with Gasteiger partial charge in [0.05, 0.1) is 16.6 Å². The fourth-order valence-corrected chi connectivity index (χ4v) is 4.39. The number of rotatable bonds is 2. The van der Waals surface area contributed by atoms with E-state index in [4.69, 9.17) is 0 Å². The lowest BCUT2D eigenvalue weighted by atomic mass is 10.2. The molecule has 0 bridgehead atoms. The summed E-state index contributed by atoms with van der Waals surface area (Å²) in [5.74, 6) is -0.0121. The van der Waals surface area contributed by atoms with Crippen LogP contribution in [0.1, 0.15) is 15.2 Å². The molecule has 0 atom stereocenters. The van der Waals surface area contributed by atoms with Crippen molar-refractivity contribution < 1.29 is 4.79 Å². The first-order valence-electron chi connectivity index (χ1n) is 8.45. The monoisotopic (exact) mass is 369 g/mol. The number of amides is 1. The van der Waals surface area contributed by atoms with Crippen molar-refractivity contribution in [3.63, 3.8) is 0 Å². The van der Waals surface area contributed by atoms with Crippen molar-refractivity contribution in [2.45, 2.75) is 6.92 Å². The van der Waals surface area contributed by atoms with Crippen molar-refractivity contribution >= 4 is 33.1 Å². The van der Waals surface area contributed by atoms with E-state index in [1.807, 2.05) is 24.0 Å². The molecular formula is C18H19N5O2S. The van der Waals surface area contributed by atoms with E-state index in [0.717, 1.165) is 24.3 Å². The minimum atomic E-state index is -0.106. The van der Waals surface area contributed by atoms with Crippen LogP contribution < -0.4 is 10.5 Å². The molecule has 7 nitrogen and oxygen atoms in total. The molecule has 0 spiro atoms. The molecule has 0 radical (unpaired) electrons. The zero-order chi connectivity index (χ0) is 18.3. The third-order valence-electron chi connectivity index (χ3n) is 4.80. The molecule has 3 aromatic heterocycles. The van der Waals surface area contributed by atoms with Gasteiger partial charge in [0.15, 0.2) is 0 Å². The Morgan fingerprint density at radius 1 is 1.15 bits per heavy atom. The Morgan fingerprint density at radius 2 is 1.85 bits per heavy atom. The van der Waals surface area contributed by atoms with Crippen LogP contribution in [-0.2, 0) is 7.05 Å². The topological polar surface area (TPSA) is 71.3 Å². The highest BCUT2D eigenvalue weighted by Crippen LogP contribution is 2.28. The minimum absolute atomic E-state index is 0.0121. The average molecular weight is 369 g/mol. The van der Waals surface area contributed by atoms with Gasteiger partial charge < -0.3 is 14.4 Å². The van der Waals surface area contributed by atoms with Gasteiger partial charge in [-0.2, -0.15) is 0 Å². The Balaban J connectivity index is 1.56. The molecule has 0 aliphatic carbocycles. The van der Waals surface area contributed by atoms with Crippen LogP contribution in [0.4, 0.5) is 5.69 Å². The first-order chi connectivity index (χ1) is 12.6. The minimum Gasteiger partial charge on any atom is -0.368 e. The third kappa shape index (κ3) is 2.76. The van der Waals surface area contributed by atoms with Crippen molar-refractivity contribution in [3.05, 3.63) is 51.6 Å². The van der Waals surface area contributed by atoms with E-state index < -0.39 is 0 Å². The largest absolute Gasteiger partial charge is 0.368 e. The van der Waals surface area contributed by atoms with Gasteiger partial charge in [-0.15, -0.1) is 11.3 Å². The Hall–Kier alpha value is -2.74. The number of hydrogen-bond donors (Lipinski definition) is 0. The molecular weight excluding hydrogens is 350 g/mol. The van der Waals surface area contributed by atoms with E-state index in [1.54, 1.807) is 19.4 Å². The molecule has 8 heteroatoms. The molecule has 4 rings (SSSR count). The molecule has 4 heterocycles. The van der Waals surface area contributed by atoms with Gasteiger partial charge in [-0.1, -0.05) is 0 Å². The number of piperazine rings is 1. The molecule has 1 fully saturated rings. The zero-order valence-corrected chi connectivity index (χ0v) is 15.5. The van der Waals surface area contributed by atoms with Crippen molar-refractivity contribution in [1.82, 2.24) is 19.4 Å². The number of thiophene rings is 1. The van der Waals surface area contributed by atoms with E-state index in [0.29, 0.717) is 28.2 Å². The maximum atomic E-state index is 13.0. The number of fused-ring (bicyclic) bond motifs is 1. The molecule has 1 saturated heterocycles. The van der Waals surface area contributed by atoms with Crippen LogP contribution in [0.5, 0.6) is 0 Å². The van der Waals surface area contributed by atoms with Gasteiger partial charge in [0.1, 0.15) is 4.83 Å². The quantitative estimate of drug-likeness (QED) is 0.687. The number of anilines is 1. The standard InChI is InChI=1S/C18H19N5O2S/c1-12-14-16(20-11-21(2)17(14)24)26-15(12)18(25)23-9-7-22(8-10-23)13-3-5-19-6-4-13/h3-6,11H,7-10H2,1-2H3. The summed E-state index contributed by atoms with van der Waals surface area (Å²) in [6, 6.07) is 3.96. The van der Waals surface area contributed by atoms with Crippen LogP contribution in [0.15, 0.2) is 35.6 Å². The first kappa shape index (κ1) is 16.7. The molecule has 0 saturated carbocycles. The number of pyridine rings is 1. The fraction of sp³-hybridized carbons (Fsp3) is 0.333. The Morgan fingerprint density at radius 3 is 2.54 bits per heavy atom. The van der Waals surface area contributed by atoms with Crippen molar-refractivity contribution in [1.29, 1.82) is 0 Å². The summed E-state index contributed by atoms with van der Waals surface area (Å²) in [4.78, 5) is 39.1. The number of carbonyl (C=O) groups is 1. The van der Waals surface area contributed by atoms with Gasteiger partial charge in [-0.3, -0.25) is 14.6 Å². The predicted octanol–water partition coefficient (Wildman–Crippen LogP) is 1.66. The summed E-state index contributed by atoms with van der Waals surface area (Å²) < 4.78 is 1.45. The Labute approximate surface area is 154 Å². The first-order valence-corrected chi connectivity index (χ1v) is 9.27. The summed E-state index contributed by atoms with van der Waals surface area (Å²) in [6.07, 6.45) is 5.06. The number of aryl methyl sites for hydroxylation is 2. The van der Waals surface area contributed by atoms with Crippen LogP contribution in [0.2, 0.25) is 0 Å². The van der Waals surface area contributed by atoms with Crippen molar-refractivity contribution in [3.8, 4) is 0 Å².